The van der Waals surface area contributed by atoms with Gasteiger partial charge in [-0.3, -0.25) is 4.90 Å². The number of carbonyl (C=O) groups is 1. The lowest BCUT2D eigenvalue weighted by molar-refractivity contribution is -0.192. The van der Waals surface area contributed by atoms with Crippen molar-refractivity contribution in [2.75, 3.05) is 39.0 Å². The van der Waals surface area contributed by atoms with Crippen LogP contribution < -0.4 is 0 Å². The number of nitrogens with zero attached hydrogens (tertiary/aromatic N) is 2. The molecule has 2 saturated heterocycles. The van der Waals surface area contributed by atoms with Crippen LogP contribution in [0.5, 0.6) is 0 Å². The van der Waals surface area contributed by atoms with Gasteiger partial charge < -0.3 is 9.84 Å². The zero-order valence-electron chi connectivity index (χ0n) is 15.6. The fraction of sp³-hybridized carbons (Fsp3) is 0.588. The lowest BCUT2D eigenvalue weighted by atomic mass is 10.1. The van der Waals surface area contributed by atoms with Crippen LogP contribution in [0.4, 0.5) is 17.6 Å². The normalized spacial score (nSPS) is 23.6. The fourth-order valence-corrected chi connectivity index (χ4v) is 4.14. The Morgan fingerprint density at radius 1 is 1.28 bits per heavy atom. The number of carboxylic acid groups (broad SMARTS) is 1. The lowest BCUT2D eigenvalue weighted by Crippen LogP contribution is -2.36. The molecule has 2 atom stereocenters. The molecule has 2 fully saturated rings. The second-order valence-corrected chi connectivity index (χ2v) is 8.90. The molecular weight excluding hydrogens is 420 g/mol. The van der Waals surface area contributed by atoms with Gasteiger partial charge in [0.1, 0.15) is 5.82 Å². The highest BCUT2D eigenvalue weighted by Gasteiger charge is 2.39. The Labute approximate surface area is 165 Å². The molecule has 0 radical (unpaired) electrons. The number of hydrogen-bond donors (Lipinski definition) is 1. The summed E-state index contributed by atoms with van der Waals surface area (Å²) >= 11 is 0. The average Bonchev–Trinajstić information content (AvgIpc) is 2.82. The molecule has 7 nitrogen and oxygen atoms in total. The van der Waals surface area contributed by atoms with Crippen LogP contribution in [0.2, 0.25) is 0 Å². The summed E-state index contributed by atoms with van der Waals surface area (Å²) < 4.78 is 75.8. The predicted molar refractivity (Wildman–Crippen MR) is 95.0 cm³/mol. The third-order valence-electron chi connectivity index (χ3n) is 4.57. The van der Waals surface area contributed by atoms with Crippen molar-refractivity contribution in [2.45, 2.75) is 18.8 Å². The number of hydrogen-bond acceptors (Lipinski definition) is 5. The molecule has 0 saturated carbocycles. The van der Waals surface area contributed by atoms with Crippen LogP contribution in [0.1, 0.15) is 5.56 Å². The number of sulfonamides is 1. The van der Waals surface area contributed by atoms with Gasteiger partial charge in [-0.15, -0.1) is 0 Å². The van der Waals surface area contributed by atoms with E-state index in [9.17, 15) is 26.0 Å². The number of fused-ring (bicyclic) bond motifs is 1. The molecule has 0 bridgehead atoms. The summed E-state index contributed by atoms with van der Waals surface area (Å²) in [5.41, 5.74) is 0.927. The lowest BCUT2D eigenvalue weighted by Gasteiger charge is -2.21. The molecule has 1 aromatic rings. The third kappa shape index (κ3) is 7.21. The smallest absolute Gasteiger partial charge is 0.475 e. The van der Waals surface area contributed by atoms with Crippen LogP contribution >= 0.6 is 0 Å². The van der Waals surface area contributed by atoms with Crippen LogP contribution in [-0.2, 0) is 26.1 Å². The summed E-state index contributed by atoms with van der Waals surface area (Å²) in [7, 11) is -3.18. The van der Waals surface area contributed by atoms with E-state index in [0.29, 0.717) is 26.2 Å². The Bertz CT molecular complexity index is 818. The van der Waals surface area contributed by atoms with E-state index in [1.54, 1.807) is 6.07 Å². The largest absolute Gasteiger partial charge is 0.490 e. The number of aliphatic carboxylic acids is 1. The topological polar surface area (TPSA) is 87.2 Å². The van der Waals surface area contributed by atoms with Gasteiger partial charge in [0.15, 0.2) is 0 Å². The number of alkyl halides is 3. The molecule has 2 aliphatic rings. The van der Waals surface area contributed by atoms with Crippen LogP contribution in [0.15, 0.2) is 24.3 Å². The molecule has 0 aliphatic carbocycles. The Balaban J connectivity index is 0.000000370. The SMILES string of the molecule is CS(=O)(=O)N1CCO[C@@H]2CN(Cc3cccc(F)c3)C[C@@H]2C1.O=C(O)C(F)(F)F. The van der Waals surface area contributed by atoms with Crippen molar-refractivity contribution < 1.29 is 40.6 Å². The highest BCUT2D eigenvalue weighted by Crippen LogP contribution is 2.26. The Hall–Kier alpha value is -1.76. The predicted octanol–water partition coefficient (Wildman–Crippen LogP) is 1.55. The second kappa shape index (κ2) is 9.37. The first kappa shape index (κ1) is 23.5. The van der Waals surface area contributed by atoms with E-state index in [1.807, 2.05) is 6.07 Å². The average molecular weight is 442 g/mol. The maximum Gasteiger partial charge on any atom is 0.490 e. The molecule has 3 rings (SSSR count). The number of likely N-dealkylation sites (tertiary alicyclic amines) is 1. The molecule has 0 aromatic heterocycles. The van der Waals surface area contributed by atoms with E-state index < -0.39 is 22.2 Å². The highest BCUT2D eigenvalue weighted by atomic mass is 32.2. The molecule has 0 amide bonds. The van der Waals surface area contributed by atoms with Gasteiger partial charge in [0, 0.05) is 38.6 Å². The van der Waals surface area contributed by atoms with Gasteiger partial charge in [-0.25, -0.2) is 17.6 Å². The second-order valence-electron chi connectivity index (χ2n) is 6.92. The minimum absolute atomic E-state index is 0.0558. The van der Waals surface area contributed by atoms with Crippen molar-refractivity contribution in [1.29, 1.82) is 0 Å². The van der Waals surface area contributed by atoms with Crippen LogP contribution in [0.25, 0.3) is 0 Å². The van der Waals surface area contributed by atoms with E-state index >= 15 is 0 Å². The molecule has 12 heteroatoms. The van der Waals surface area contributed by atoms with E-state index in [1.165, 1.54) is 22.7 Å². The van der Waals surface area contributed by atoms with Crippen LogP contribution in [-0.4, -0.2) is 80.0 Å². The molecule has 0 unspecified atom stereocenters. The monoisotopic (exact) mass is 442 g/mol. The standard InChI is InChI=1S/C15H21FN2O3S.C2HF3O2/c1-22(19,20)18-5-6-21-15-11-17(9-13(15)10-18)8-12-3-2-4-14(16)7-12;3-2(4,5)1(6)7/h2-4,7,13,15H,5-6,8-11H2,1H3;(H,6,7)/t13-,15-;/m1./s1. The molecule has 1 N–H and O–H groups in total. The van der Waals surface area contributed by atoms with Crippen LogP contribution in [0, 0.1) is 11.7 Å². The van der Waals surface area contributed by atoms with E-state index in [4.69, 9.17) is 14.6 Å². The van der Waals surface area contributed by atoms with Gasteiger partial charge in [-0.1, -0.05) is 12.1 Å². The molecule has 1 aromatic carbocycles. The first-order valence-electron chi connectivity index (χ1n) is 8.70. The van der Waals surface area contributed by atoms with E-state index in [0.717, 1.165) is 18.7 Å². The zero-order valence-corrected chi connectivity index (χ0v) is 16.4. The molecule has 2 aliphatic heterocycles. The summed E-state index contributed by atoms with van der Waals surface area (Å²) in [4.78, 5) is 11.1. The number of carboxylic acids is 1. The highest BCUT2D eigenvalue weighted by molar-refractivity contribution is 7.88. The van der Waals surface area contributed by atoms with Gasteiger partial charge in [0.25, 0.3) is 0 Å². The van der Waals surface area contributed by atoms with E-state index in [-0.39, 0.29) is 17.8 Å². The van der Waals surface area contributed by atoms with Gasteiger partial charge in [-0.05, 0) is 17.7 Å². The Morgan fingerprint density at radius 3 is 2.48 bits per heavy atom. The molecule has 164 valence electrons. The van der Waals surface area contributed by atoms with Crippen molar-refractivity contribution in [3.8, 4) is 0 Å². The number of halogens is 4. The van der Waals surface area contributed by atoms with Gasteiger partial charge in [0.2, 0.25) is 10.0 Å². The molecule has 2 heterocycles. The Kier molecular flexibility index (Phi) is 7.60. The van der Waals surface area contributed by atoms with Gasteiger partial charge in [0.05, 0.1) is 19.0 Å². The third-order valence-corrected chi connectivity index (χ3v) is 5.84. The van der Waals surface area contributed by atoms with Crippen molar-refractivity contribution in [3.63, 3.8) is 0 Å². The number of rotatable bonds is 3. The fourth-order valence-electron chi connectivity index (χ4n) is 3.27. The summed E-state index contributed by atoms with van der Waals surface area (Å²) in [6.07, 6.45) is -3.78. The van der Waals surface area contributed by atoms with Crippen LogP contribution in [0.3, 0.4) is 0 Å². The Morgan fingerprint density at radius 2 is 1.93 bits per heavy atom. The summed E-state index contributed by atoms with van der Waals surface area (Å²) in [5, 5.41) is 7.12. The van der Waals surface area contributed by atoms with Gasteiger partial charge in [-0.2, -0.15) is 17.5 Å². The van der Waals surface area contributed by atoms with Crippen molar-refractivity contribution in [2.24, 2.45) is 5.92 Å². The first-order chi connectivity index (χ1) is 13.4. The summed E-state index contributed by atoms with van der Waals surface area (Å²) in [6, 6.07) is 6.59. The van der Waals surface area contributed by atoms with Crippen molar-refractivity contribution in [1.82, 2.24) is 9.21 Å². The molecule has 29 heavy (non-hydrogen) atoms. The molecule has 0 spiro atoms. The maximum absolute atomic E-state index is 13.3. The zero-order chi connectivity index (χ0) is 21.8. The molecular formula is C17H22F4N2O5S. The van der Waals surface area contributed by atoms with Crippen molar-refractivity contribution >= 4 is 16.0 Å². The van der Waals surface area contributed by atoms with Crippen molar-refractivity contribution in [3.05, 3.63) is 35.6 Å². The van der Waals surface area contributed by atoms with E-state index in [2.05, 4.69) is 4.90 Å². The first-order valence-corrected chi connectivity index (χ1v) is 10.5. The van der Waals surface area contributed by atoms with Gasteiger partial charge >= 0.3 is 12.1 Å². The summed E-state index contributed by atoms with van der Waals surface area (Å²) in [6.45, 7) is 3.56. The maximum atomic E-state index is 13.3. The minimum Gasteiger partial charge on any atom is -0.475 e. The minimum atomic E-state index is -5.08. The summed E-state index contributed by atoms with van der Waals surface area (Å²) in [5.74, 6) is -2.82. The number of benzene rings is 1. The quantitative estimate of drug-likeness (QED) is 0.715. The number of ether oxygens (including phenoxy) is 1.